The van der Waals surface area contributed by atoms with Crippen molar-refractivity contribution >= 4 is 5.82 Å². The molecule has 0 bridgehead atoms. The Morgan fingerprint density at radius 2 is 2.50 bits per heavy atom. The fraction of sp³-hybridized carbons (Fsp3) is 0.583. The first-order valence-electron chi connectivity index (χ1n) is 5.91. The van der Waals surface area contributed by atoms with E-state index in [2.05, 4.69) is 28.2 Å². The van der Waals surface area contributed by atoms with Crippen LogP contribution in [0.2, 0.25) is 0 Å². The molecule has 0 radical (unpaired) electrons. The van der Waals surface area contributed by atoms with Crippen LogP contribution < -0.4 is 15.0 Å². The maximum Gasteiger partial charge on any atom is 0.171 e. The number of piperazine rings is 1. The Labute approximate surface area is 95.6 Å². The minimum Gasteiger partial charge on any atom is -0.490 e. The number of rotatable bonds is 0. The van der Waals surface area contributed by atoms with Gasteiger partial charge in [0.1, 0.15) is 0 Å². The average molecular weight is 219 g/mol. The summed E-state index contributed by atoms with van der Waals surface area (Å²) in [6.07, 6.45) is 3.00. The van der Waals surface area contributed by atoms with Crippen LogP contribution in [0.3, 0.4) is 0 Å². The highest BCUT2D eigenvalue weighted by Gasteiger charge is 2.28. The van der Waals surface area contributed by atoms with Crippen LogP contribution in [0.5, 0.6) is 5.75 Å². The molecule has 4 nitrogen and oxygen atoms in total. The Hall–Kier alpha value is -1.29. The zero-order valence-electron chi connectivity index (χ0n) is 9.57. The van der Waals surface area contributed by atoms with Gasteiger partial charge in [-0.2, -0.15) is 0 Å². The summed E-state index contributed by atoms with van der Waals surface area (Å²) < 4.78 is 5.79. The van der Waals surface area contributed by atoms with Crippen molar-refractivity contribution in [2.75, 3.05) is 31.1 Å². The Kier molecular flexibility index (Phi) is 2.44. The van der Waals surface area contributed by atoms with Crippen LogP contribution in [0.4, 0.5) is 5.82 Å². The molecule has 1 aromatic heterocycles. The Bertz CT molecular complexity index is 394. The van der Waals surface area contributed by atoms with Gasteiger partial charge in [0, 0.05) is 38.3 Å². The summed E-state index contributed by atoms with van der Waals surface area (Å²) in [5, 5.41) is 3.43. The molecule has 2 aliphatic rings. The van der Waals surface area contributed by atoms with E-state index in [1.807, 2.05) is 6.20 Å². The molecule has 16 heavy (non-hydrogen) atoms. The topological polar surface area (TPSA) is 37.4 Å². The van der Waals surface area contributed by atoms with E-state index in [9.17, 15) is 0 Å². The third-order valence-electron chi connectivity index (χ3n) is 3.30. The first kappa shape index (κ1) is 9.90. The summed E-state index contributed by atoms with van der Waals surface area (Å²) in [7, 11) is 0. The van der Waals surface area contributed by atoms with E-state index in [0.29, 0.717) is 6.04 Å². The Morgan fingerprint density at radius 3 is 3.44 bits per heavy atom. The molecule has 0 amide bonds. The predicted octanol–water partition coefficient (Wildman–Crippen LogP) is 0.951. The number of hydrogen-bond acceptors (Lipinski definition) is 4. The third kappa shape index (κ3) is 1.63. The first-order valence-corrected chi connectivity index (χ1v) is 5.91. The lowest BCUT2D eigenvalue weighted by Crippen LogP contribution is -2.51. The highest BCUT2D eigenvalue weighted by atomic mass is 16.5. The molecule has 3 heterocycles. The highest BCUT2D eigenvalue weighted by Crippen LogP contribution is 2.32. The molecule has 4 heteroatoms. The second-order valence-corrected chi connectivity index (χ2v) is 4.52. The van der Waals surface area contributed by atoms with E-state index >= 15 is 0 Å². The van der Waals surface area contributed by atoms with Crippen molar-refractivity contribution in [3.8, 4) is 5.75 Å². The SMILES string of the molecule is Cc1cnc2c(c1)OCCC1CNCCN21. The monoisotopic (exact) mass is 219 g/mol. The van der Waals surface area contributed by atoms with Gasteiger partial charge in [-0.3, -0.25) is 0 Å². The van der Waals surface area contributed by atoms with Crippen molar-refractivity contribution in [1.82, 2.24) is 10.3 Å². The second kappa shape index (κ2) is 3.94. The summed E-state index contributed by atoms with van der Waals surface area (Å²) in [5.74, 6) is 1.97. The molecule has 0 aliphatic carbocycles. The molecule has 2 aliphatic heterocycles. The van der Waals surface area contributed by atoms with Crippen molar-refractivity contribution in [3.63, 3.8) is 0 Å². The molecule has 1 N–H and O–H groups in total. The van der Waals surface area contributed by atoms with Crippen molar-refractivity contribution in [3.05, 3.63) is 17.8 Å². The van der Waals surface area contributed by atoms with Gasteiger partial charge in [-0.25, -0.2) is 4.98 Å². The smallest absolute Gasteiger partial charge is 0.171 e. The van der Waals surface area contributed by atoms with E-state index in [1.165, 1.54) is 0 Å². The van der Waals surface area contributed by atoms with Gasteiger partial charge in [-0.05, 0) is 18.6 Å². The summed E-state index contributed by atoms with van der Waals surface area (Å²) in [4.78, 5) is 6.92. The zero-order valence-corrected chi connectivity index (χ0v) is 9.57. The van der Waals surface area contributed by atoms with Gasteiger partial charge in [0.25, 0.3) is 0 Å². The van der Waals surface area contributed by atoms with E-state index in [-0.39, 0.29) is 0 Å². The largest absolute Gasteiger partial charge is 0.490 e. The molecule has 0 aromatic carbocycles. The molecule has 1 saturated heterocycles. The number of aryl methyl sites for hydroxylation is 1. The molecule has 0 saturated carbocycles. The second-order valence-electron chi connectivity index (χ2n) is 4.52. The summed E-state index contributed by atoms with van der Waals surface area (Å²) in [6, 6.07) is 2.62. The van der Waals surface area contributed by atoms with Crippen molar-refractivity contribution < 1.29 is 4.74 Å². The van der Waals surface area contributed by atoms with E-state index in [0.717, 1.165) is 49.8 Å². The number of hydrogen-bond donors (Lipinski definition) is 1. The highest BCUT2D eigenvalue weighted by molar-refractivity contribution is 5.55. The van der Waals surface area contributed by atoms with Gasteiger partial charge in [-0.1, -0.05) is 0 Å². The van der Waals surface area contributed by atoms with Gasteiger partial charge >= 0.3 is 0 Å². The van der Waals surface area contributed by atoms with E-state index in [4.69, 9.17) is 4.74 Å². The van der Waals surface area contributed by atoms with Gasteiger partial charge < -0.3 is 15.0 Å². The van der Waals surface area contributed by atoms with E-state index in [1.54, 1.807) is 0 Å². The van der Waals surface area contributed by atoms with Crippen LogP contribution in [0.25, 0.3) is 0 Å². The van der Waals surface area contributed by atoms with Crippen molar-refractivity contribution in [2.24, 2.45) is 0 Å². The molecular formula is C12H17N3O. The number of aromatic nitrogens is 1. The average Bonchev–Trinajstić information content (AvgIpc) is 2.47. The number of fused-ring (bicyclic) bond motifs is 3. The number of pyridine rings is 1. The molecule has 0 spiro atoms. The Balaban J connectivity index is 2.00. The maximum atomic E-state index is 5.79. The van der Waals surface area contributed by atoms with Gasteiger partial charge in [0.15, 0.2) is 11.6 Å². The predicted molar refractivity (Wildman–Crippen MR) is 63.1 cm³/mol. The summed E-state index contributed by atoms with van der Waals surface area (Å²) >= 11 is 0. The van der Waals surface area contributed by atoms with Crippen LogP contribution in [0.1, 0.15) is 12.0 Å². The van der Waals surface area contributed by atoms with Crippen LogP contribution >= 0.6 is 0 Å². The Morgan fingerprint density at radius 1 is 1.56 bits per heavy atom. The summed E-state index contributed by atoms with van der Waals surface area (Å²) in [6.45, 7) is 5.94. The molecule has 1 atom stereocenters. The zero-order chi connectivity index (χ0) is 11.0. The fourth-order valence-electron chi connectivity index (χ4n) is 2.46. The van der Waals surface area contributed by atoms with Crippen LogP contribution in [-0.2, 0) is 0 Å². The van der Waals surface area contributed by atoms with Gasteiger partial charge in [-0.15, -0.1) is 0 Å². The standard InChI is InChI=1S/C12H17N3O/c1-9-6-11-12(14-7-9)15-4-3-13-8-10(15)2-5-16-11/h6-7,10,13H,2-5,8H2,1H3. The quantitative estimate of drug-likeness (QED) is 0.705. The number of ether oxygens (including phenoxy) is 1. The van der Waals surface area contributed by atoms with Crippen LogP contribution in [-0.4, -0.2) is 37.3 Å². The van der Waals surface area contributed by atoms with E-state index < -0.39 is 0 Å². The van der Waals surface area contributed by atoms with Crippen LogP contribution in [0.15, 0.2) is 12.3 Å². The molecule has 1 aromatic rings. The molecule has 1 fully saturated rings. The lowest BCUT2D eigenvalue weighted by molar-refractivity contribution is 0.303. The third-order valence-corrected chi connectivity index (χ3v) is 3.30. The lowest BCUT2D eigenvalue weighted by Gasteiger charge is -2.35. The summed E-state index contributed by atoms with van der Waals surface area (Å²) in [5.41, 5.74) is 1.16. The van der Waals surface area contributed by atoms with Crippen LogP contribution in [0, 0.1) is 6.92 Å². The molecular weight excluding hydrogens is 202 g/mol. The lowest BCUT2D eigenvalue weighted by atomic mass is 10.1. The van der Waals surface area contributed by atoms with Crippen molar-refractivity contribution in [2.45, 2.75) is 19.4 Å². The minimum absolute atomic E-state index is 0.533. The minimum atomic E-state index is 0.533. The van der Waals surface area contributed by atoms with Crippen molar-refractivity contribution in [1.29, 1.82) is 0 Å². The number of anilines is 1. The first-order chi connectivity index (χ1) is 7.84. The fourth-order valence-corrected chi connectivity index (χ4v) is 2.46. The number of nitrogens with one attached hydrogen (secondary N) is 1. The normalized spacial score (nSPS) is 24.1. The molecule has 86 valence electrons. The number of nitrogens with zero attached hydrogens (tertiary/aromatic N) is 2. The maximum absolute atomic E-state index is 5.79. The van der Waals surface area contributed by atoms with Gasteiger partial charge in [0.05, 0.1) is 6.61 Å². The molecule has 1 unspecified atom stereocenters. The molecule has 3 rings (SSSR count). The van der Waals surface area contributed by atoms with Gasteiger partial charge in [0.2, 0.25) is 0 Å².